The summed E-state index contributed by atoms with van der Waals surface area (Å²) in [5.74, 6) is 2.31. The maximum Gasteiger partial charge on any atom is 0.138 e. The molecule has 10 aromatic rings. The van der Waals surface area contributed by atoms with Gasteiger partial charge in [0, 0.05) is 56.2 Å². The Morgan fingerprint density at radius 2 is 0.885 bits per heavy atom. The Kier molecular flexibility index (Phi) is 8.79. The van der Waals surface area contributed by atoms with Crippen LogP contribution in [0, 0.1) is 10.8 Å². The average Bonchev–Trinajstić information content (AvgIpc) is 3.79. The number of furan rings is 2. The number of rotatable bonds is 8. The summed E-state index contributed by atoms with van der Waals surface area (Å²) in [5, 5.41) is 5.09. The van der Waals surface area contributed by atoms with Crippen molar-refractivity contribution in [3.05, 3.63) is 169 Å². The Morgan fingerprint density at radius 3 is 1.30 bits per heavy atom. The van der Waals surface area contributed by atoms with Crippen LogP contribution >= 0.6 is 0 Å². The Hall–Kier alpha value is -6.98. The molecule has 0 amide bonds. The molecule has 61 heavy (non-hydrogen) atoms. The first-order valence-electron chi connectivity index (χ1n) is 22.0. The van der Waals surface area contributed by atoms with Gasteiger partial charge in [-0.25, -0.2) is 0 Å². The fourth-order valence-corrected chi connectivity index (χ4v) is 8.38. The third-order valence-corrected chi connectivity index (χ3v) is 11.0. The van der Waals surface area contributed by atoms with Gasteiger partial charge in [0.2, 0.25) is 0 Å². The van der Waals surface area contributed by atoms with Gasteiger partial charge in [0.15, 0.2) is 0 Å². The molecule has 0 atom stereocenters. The van der Waals surface area contributed by atoms with E-state index in [1.165, 1.54) is 11.1 Å². The molecule has 0 saturated heterocycles. The summed E-state index contributed by atoms with van der Waals surface area (Å²) >= 11 is 0. The van der Waals surface area contributed by atoms with Gasteiger partial charge in [-0.3, -0.25) is 9.97 Å². The van der Waals surface area contributed by atoms with E-state index in [1.54, 1.807) is 12.4 Å². The van der Waals surface area contributed by atoms with Crippen molar-refractivity contribution in [2.45, 2.75) is 54.4 Å². The van der Waals surface area contributed by atoms with Crippen molar-refractivity contribution < 1.29 is 16.3 Å². The average molecular weight is 799 g/mol. The van der Waals surface area contributed by atoms with Gasteiger partial charge in [-0.1, -0.05) is 139 Å². The molecular formula is C56H48N2O3. The molecule has 4 heterocycles. The van der Waals surface area contributed by atoms with Crippen molar-refractivity contribution in [1.29, 1.82) is 0 Å². The molecule has 0 spiro atoms. The van der Waals surface area contributed by atoms with Crippen LogP contribution in [-0.4, -0.2) is 9.97 Å². The second kappa shape index (κ2) is 14.9. The molecule has 0 saturated carbocycles. The fraction of sp³-hybridized carbons (Fsp3) is 0.179. The molecule has 10 rings (SSSR count). The van der Waals surface area contributed by atoms with Crippen LogP contribution in [0.4, 0.5) is 0 Å². The van der Waals surface area contributed by atoms with Crippen molar-refractivity contribution in [2.24, 2.45) is 10.8 Å². The third-order valence-electron chi connectivity index (χ3n) is 11.0. The van der Waals surface area contributed by atoms with Gasteiger partial charge in [-0.2, -0.15) is 0 Å². The minimum absolute atomic E-state index is 0.170. The van der Waals surface area contributed by atoms with Crippen molar-refractivity contribution in [1.82, 2.24) is 9.97 Å². The highest BCUT2D eigenvalue weighted by atomic mass is 16.5. The highest BCUT2D eigenvalue weighted by Gasteiger charge is 2.19. The maximum atomic E-state index is 9.41. The number of hydrogen-bond donors (Lipinski definition) is 0. The van der Waals surface area contributed by atoms with Gasteiger partial charge in [0.25, 0.3) is 0 Å². The van der Waals surface area contributed by atoms with E-state index in [9.17, 15) is 2.74 Å². The second-order valence-electron chi connectivity index (χ2n) is 18.5. The molecule has 0 bridgehead atoms. The minimum Gasteiger partial charge on any atom is -0.456 e. The lowest BCUT2D eigenvalue weighted by Gasteiger charge is -2.18. The van der Waals surface area contributed by atoms with E-state index >= 15 is 0 Å². The number of hydrogen-bond acceptors (Lipinski definition) is 5. The smallest absolute Gasteiger partial charge is 0.138 e. The number of nitrogens with zero attached hydrogens (tertiary/aromatic N) is 2. The van der Waals surface area contributed by atoms with Crippen molar-refractivity contribution in [2.75, 3.05) is 0 Å². The molecule has 0 aliphatic rings. The summed E-state index contributed by atoms with van der Waals surface area (Å²) < 4.78 is 38.7. The van der Waals surface area contributed by atoms with E-state index < -0.39 is 0 Å². The zero-order valence-corrected chi connectivity index (χ0v) is 35.4. The van der Waals surface area contributed by atoms with Gasteiger partial charge in [0.05, 0.1) is 14.1 Å². The van der Waals surface area contributed by atoms with Crippen molar-refractivity contribution >= 4 is 43.5 Å². The number of aromatic nitrogens is 2. The summed E-state index contributed by atoms with van der Waals surface area (Å²) in [5.41, 5.74) is 8.64. The quantitative estimate of drug-likeness (QED) is 0.153. The summed E-state index contributed by atoms with van der Waals surface area (Å²) in [6.45, 7) is 13.4. The lowest BCUT2D eigenvalue weighted by atomic mass is 9.88. The van der Waals surface area contributed by atoms with Crippen molar-refractivity contribution in [3.63, 3.8) is 0 Å². The molecule has 5 nitrogen and oxygen atoms in total. The summed E-state index contributed by atoms with van der Waals surface area (Å²) in [6, 6.07) is 45.4. The molecule has 4 aromatic heterocycles. The first-order chi connectivity index (χ1) is 30.3. The van der Waals surface area contributed by atoms with E-state index in [4.69, 9.17) is 23.5 Å². The molecule has 300 valence electrons. The molecule has 0 aliphatic carbocycles. The van der Waals surface area contributed by atoms with Crippen LogP contribution in [0.3, 0.4) is 0 Å². The summed E-state index contributed by atoms with van der Waals surface area (Å²) in [4.78, 5) is 9.73. The lowest BCUT2D eigenvalue weighted by molar-refractivity contribution is 0.411. The zero-order chi connectivity index (χ0) is 43.6. The molecule has 0 unspecified atom stereocenters. The van der Waals surface area contributed by atoms with E-state index in [1.807, 2.05) is 72.8 Å². The normalized spacial score (nSPS) is 12.7. The Balaban J connectivity index is 1.06. The first kappa shape index (κ1) is 35.9. The maximum absolute atomic E-state index is 9.41. The van der Waals surface area contributed by atoms with Gasteiger partial charge >= 0.3 is 0 Å². The summed E-state index contributed by atoms with van der Waals surface area (Å²) in [7, 11) is 0. The summed E-state index contributed by atoms with van der Waals surface area (Å²) in [6.07, 6.45) is 5.39. The van der Waals surface area contributed by atoms with E-state index in [0.717, 1.165) is 56.6 Å². The van der Waals surface area contributed by atoms with Gasteiger partial charge < -0.3 is 13.6 Å². The fourth-order valence-electron chi connectivity index (χ4n) is 8.38. The van der Waals surface area contributed by atoms with Crippen LogP contribution in [0.1, 0.15) is 55.4 Å². The number of ether oxygens (including phenoxy) is 1. The third kappa shape index (κ3) is 7.80. The van der Waals surface area contributed by atoms with Gasteiger partial charge in [-0.05, 0) is 94.1 Å². The van der Waals surface area contributed by atoms with Crippen LogP contribution in [0.15, 0.2) is 167 Å². The number of pyridine rings is 2. The topological polar surface area (TPSA) is 61.3 Å². The Morgan fingerprint density at radius 1 is 0.475 bits per heavy atom. The van der Waals surface area contributed by atoms with Crippen LogP contribution in [-0.2, 0) is 12.8 Å². The lowest BCUT2D eigenvalue weighted by Crippen LogP contribution is -2.08. The van der Waals surface area contributed by atoms with Gasteiger partial charge in [0.1, 0.15) is 34.2 Å². The van der Waals surface area contributed by atoms with E-state index in [0.29, 0.717) is 68.4 Å². The molecule has 6 aromatic carbocycles. The number of fused-ring (bicyclic) bond motifs is 4. The molecule has 0 fully saturated rings. The SMILES string of the molecule is [2H]c1c(-c2ccc(CC(C)(C)C)cc2)oc2ccnc(-c3cc(Oc4cc(-c5nccc6oc(-c7ccc(CC(C)(C)C)cc7)c([2H])c56)cc5ccccc45)c4ccccc4c3)c12. The highest BCUT2D eigenvalue weighted by Crippen LogP contribution is 2.43. The van der Waals surface area contributed by atoms with Crippen molar-refractivity contribution in [3.8, 4) is 56.7 Å². The number of benzene rings is 6. The first-order valence-corrected chi connectivity index (χ1v) is 21.0. The highest BCUT2D eigenvalue weighted by molar-refractivity contribution is 6.01. The van der Waals surface area contributed by atoms with E-state index in [2.05, 4.69) is 102 Å². The van der Waals surface area contributed by atoms with Crippen LogP contribution in [0.5, 0.6) is 11.5 Å². The van der Waals surface area contributed by atoms with Crippen LogP contribution in [0.2, 0.25) is 0 Å². The molecule has 0 radical (unpaired) electrons. The molecule has 0 N–H and O–H groups in total. The zero-order valence-electron chi connectivity index (χ0n) is 37.4. The minimum atomic E-state index is 0.170. The molecular weight excluding hydrogens is 749 g/mol. The predicted molar refractivity (Wildman–Crippen MR) is 251 cm³/mol. The Bertz CT molecular complexity index is 3120. The molecule has 5 heteroatoms. The predicted octanol–water partition coefficient (Wildman–Crippen LogP) is 15.9. The van der Waals surface area contributed by atoms with Crippen LogP contribution < -0.4 is 4.74 Å². The van der Waals surface area contributed by atoms with Gasteiger partial charge in [-0.15, -0.1) is 0 Å². The van der Waals surface area contributed by atoms with Crippen LogP contribution in [0.25, 0.3) is 88.6 Å². The van der Waals surface area contributed by atoms with E-state index in [-0.39, 0.29) is 10.8 Å². The Labute approximate surface area is 359 Å². The largest absolute Gasteiger partial charge is 0.456 e. The monoisotopic (exact) mass is 798 g/mol. The second-order valence-corrected chi connectivity index (χ2v) is 18.5. The standard InChI is InChI=1S/C56H48N2O3/c1-55(2,3)33-35-15-19-37(20-16-35)49-31-45-47(59-49)23-25-57-53(45)41-27-39-11-7-9-13-43(39)51(29-41)61-52-30-42(28-40-12-8-10-14-44(40)52)54-46-32-50(60-48(46)24-26-58-54)38-21-17-36(18-22-38)34-56(4,5)6/h7-32H,33-34H2,1-6H3/i31D,32D. The molecule has 0 aliphatic heterocycles.